The number of piperazine rings is 1. The minimum absolute atomic E-state index is 0.0732. The minimum Gasteiger partial charge on any atom is -0.465 e. The van der Waals surface area contributed by atoms with E-state index in [0.717, 1.165) is 17.3 Å². The number of hydrogen-bond donors (Lipinski definition) is 1. The molecular formula is C31H41F2N5O4. The van der Waals surface area contributed by atoms with Crippen molar-refractivity contribution in [3.8, 4) is 0 Å². The molecular weight excluding hydrogens is 544 g/mol. The van der Waals surface area contributed by atoms with Crippen LogP contribution in [0.2, 0.25) is 0 Å². The Kier molecular flexibility index (Phi) is 8.55. The van der Waals surface area contributed by atoms with Crippen molar-refractivity contribution in [1.29, 1.82) is 0 Å². The molecule has 1 aromatic heterocycles. The van der Waals surface area contributed by atoms with Crippen molar-refractivity contribution < 1.29 is 28.2 Å². The average Bonchev–Trinajstić information content (AvgIpc) is 3.19. The van der Waals surface area contributed by atoms with Gasteiger partial charge >= 0.3 is 6.09 Å². The summed E-state index contributed by atoms with van der Waals surface area (Å²) in [7, 11) is 0. The Bertz CT molecular complexity index is 1330. The highest BCUT2D eigenvalue weighted by Crippen LogP contribution is 2.41. The van der Waals surface area contributed by atoms with E-state index in [0.29, 0.717) is 50.7 Å². The summed E-state index contributed by atoms with van der Waals surface area (Å²) >= 11 is 0. The summed E-state index contributed by atoms with van der Waals surface area (Å²) in [5.74, 6) is -1.34. The van der Waals surface area contributed by atoms with Gasteiger partial charge in [-0.05, 0) is 38.5 Å². The monoisotopic (exact) mass is 585 g/mol. The molecule has 4 heterocycles. The Hall–Kier alpha value is -3.15. The quantitative estimate of drug-likeness (QED) is 0.553. The van der Waals surface area contributed by atoms with E-state index in [4.69, 9.17) is 4.74 Å². The number of hydrogen-bond acceptors (Lipinski definition) is 6. The van der Waals surface area contributed by atoms with Crippen molar-refractivity contribution in [1.82, 2.24) is 19.7 Å². The fourth-order valence-electron chi connectivity index (χ4n) is 6.62. The maximum Gasteiger partial charge on any atom is 0.407 e. The van der Waals surface area contributed by atoms with Crippen molar-refractivity contribution in [2.75, 3.05) is 50.8 Å². The molecule has 0 bridgehead atoms. The van der Waals surface area contributed by atoms with Gasteiger partial charge in [-0.3, -0.25) is 19.6 Å². The minimum atomic E-state index is -0.950. The van der Waals surface area contributed by atoms with Crippen LogP contribution in [0, 0.1) is 11.6 Å². The molecule has 9 nitrogen and oxygen atoms in total. The van der Waals surface area contributed by atoms with Crippen LogP contribution in [0.4, 0.5) is 19.3 Å². The number of aromatic nitrogens is 1. The highest BCUT2D eigenvalue weighted by Gasteiger charge is 2.42. The second kappa shape index (κ2) is 11.9. The fraction of sp³-hybridized carbons (Fsp3) is 0.581. The molecule has 0 unspecified atom stereocenters. The van der Waals surface area contributed by atoms with Gasteiger partial charge in [-0.15, -0.1) is 0 Å². The molecule has 42 heavy (non-hydrogen) atoms. The second-order valence-corrected chi connectivity index (χ2v) is 12.8. The lowest BCUT2D eigenvalue weighted by atomic mass is 9.88. The zero-order chi connectivity index (χ0) is 30.3. The predicted molar refractivity (Wildman–Crippen MR) is 155 cm³/mol. The SMILES string of the molecule is C[C@@H]1CN(CC(=O)N2CC(C)(C)c3cnc(Cc4ccc(F)cc4F)cc32)[C@@H](CN2[C@H](C)COC[C@H]2C)CN1C(=O)O. The van der Waals surface area contributed by atoms with Gasteiger partial charge in [0.15, 0.2) is 0 Å². The van der Waals surface area contributed by atoms with E-state index in [2.05, 4.69) is 42.5 Å². The topological polar surface area (TPSA) is 89.5 Å². The molecule has 3 aliphatic heterocycles. The number of ether oxygens (including phenoxy) is 1. The number of amides is 2. The first-order chi connectivity index (χ1) is 19.8. The van der Waals surface area contributed by atoms with Crippen molar-refractivity contribution in [2.24, 2.45) is 0 Å². The number of carbonyl (C=O) groups is 2. The molecule has 5 rings (SSSR count). The third kappa shape index (κ3) is 6.14. The zero-order valence-corrected chi connectivity index (χ0v) is 25.0. The van der Waals surface area contributed by atoms with E-state index in [-0.39, 0.29) is 48.5 Å². The normalized spacial score (nSPS) is 26.4. The highest BCUT2D eigenvalue weighted by molar-refractivity contribution is 5.97. The second-order valence-electron chi connectivity index (χ2n) is 12.8. The van der Waals surface area contributed by atoms with Crippen molar-refractivity contribution in [3.63, 3.8) is 0 Å². The number of rotatable bonds is 6. The van der Waals surface area contributed by atoms with Crippen LogP contribution in [0.5, 0.6) is 0 Å². The van der Waals surface area contributed by atoms with E-state index < -0.39 is 17.7 Å². The van der Waals surface area contributed by atoms with Gasteiger partial charge in [0.2, 0.25) is 5.91 Å². The van der Waals surface area contributed by atoms with Gasteiger partial charge in [0.05, 0.1) is 25.4 Å². The van der Waals surface area contributed by atoms with Crippen LogP contribution in [-0.2, 0) is 21.4 Å². The predicted octanol–water partition coefficient (Wildman–Crippen LogP) is 3.74. The lowest BCUT2D eigenvalue weighted by Gasteiger charge is -2.48. The average molecular weight is 586 g/mol. The molecule has 0 aliphatic carbocycles. The molecule has 2 fully saturated rings. The summed E-state index contributed by atoms with van der Waals surface area (Å²) in [6.07, 6.45) is 0.986. The largest absolute Gasteiger partial charge is 0.465 e. The van der Waals surface area contributed by atoms with Crippen LogP contribution < -0.4 is 4.90 Å². The fourth-order valence-corrected chi connectivity index (χ4v) is 6.62. The maximum atomic E-state index is 14.4. The van der Waals surface area contributed by atoms with Crippen LogP contribution in [-0.4, -0.2) is 107 Å². The first-order valence-corrected chi connectivity index (χ1v) is 14.6. The van der Waals surface area contributed by atoms with Crippen LogP contribution >= 0.6 is 0 Å². The summed E-state index contributed by atoms with van der Waals surface area (Å²) in [5, 5.41) is 9.86. The van der Waals surface area contributed by atoms with Crippen molar-refractivity contribution >= 4 is 17.7 Å². The van der Waals surface area contributed by atoms with Gasteiger partial charge in [0, 0.05) is 85.7 Å². The number of fused-ring (bicyclic) bond motifs is 1. The molecule has 0 saturated carbocycles. The number of carbonyl (C=O) groups excluding carboxylic acids is 1. The van der Waals surface area contributed by atoms with Crippen molar-refractivity contribution in [3.05, 3.63) is 58.9 Å². The summed E-state index contributed by atoms with van der Waals surface area (Å²) < 4.78 is 33.5. The van der Waals surface area contributed by atoms with Gasteiger partial charge in [0.1, 0.15) is 11.6 Å². The first-order valence-electron chi connectivity index (χ1n) is 14.6. The number of pyridine rings is 1. The number of anilines is 1. The van der Waals surface area contributed by atoms with E-state index in [1.807, 2.05) is 13.0 Å². The Labute approximate surface area is 246 Å². The van der Waals surface area contributed by atoms with Gasteiger partial charge in [-0.25, -0.2) is 13.6 Å². The van der Waals surface area contributed by atoms with E-state index in [9.17, 15) is 23.5 Å². The molecule has 228 valence electrons. The molecule has 2 amide bonds. The van der Waals surface area contributed by atoms with Crippen LogP contribution in [0.1, 0.15) is 51.4 Å². The molecule has 4 atom stereocenters. The van der Waals surface area contributed by atoms with Gasteiger partial charge < -0.3 is 19.6 Å². The standard InChI is InChI=1S/C31H41F2N5O4/c1-19-12-35(25(14-37(19)30(40)41)13-36-20(2)16-42-17-21(36)3)15-29(39)38-18-31(4,5)26-11-34-24(10-28(26)38)8-22-6-7-23(32)9-27(22)33/h6-7,9-11,19-21,25H,8,12-18H2,1-5H3,(H,40,41)/t19-,20-,21-,25+/m1/s1. The summed E-state index contributed by atoms with van der Waals surface area (Å²) in [4.78, 5) is 38.3. The number of halogens is 2. The molecule has 2 aromatic rings. The maximum absolute atomic E-state index is 14.4. The third-order valence-electron chi connectivity index (χ3n) is 9.01. The van der Waals surface area contributed by atoms with Crippen molar-refractivity contribution in [2.45, 2.75) is 70.6 Å². The Morgan fingerprint density at radius 3 is 2.45 bits per heavy atom. The van der Waals surface area contributed by atoms with Gasteiger partial charge in [-0.1, -0.05) is 19.9 Å². The smallest absolute Gasteiger partial charge is 0.407 e. The Morgan fingerprint density at radius 2 is 1.79 bits per heavy atom. The third-order valence-corrected chi connectivity index (χ3v) is 9.01. The molecule has 1 N–H and O–H groups in total. The summed E-state index contributed by atoms with van der Waals surface area (Å²) in [6.45, 7) is 13.5. The number of morpholine rings is 1. The summed E-state index contributed by atoms with van der Waals surface area (Å²) in [6, 6.07) is 5.31. The molecule has 2 saturated heterocycles. The number of nitrogens with zero attached hydrogens (tertiary/aromatic N) is 5. The summed E-state index contributed by atoms with van der Waals surface area (Å²) in [5.41, 5.74) is 2.29. The lowest BCUT2D eigenvalue weighted by Crippen LogP contribution is -2.64. The molecule has 11 heteroatoms. The Balaban J connectivity index is 1.38. The van der Waals surface area contributed by atoms with Gasteiger partial charge in [-0.2, -0.15) is 0 Å². The highest BCUT2D eigenvalue weighted by atomic mass is 19.1. The molecule has 3 aliphatic rings. The van der Waals surface area contributed by atoms with Crippen LogP contribution in [0.25, 0.3) is 0 Å². The first kappa shape index (κ1) is 30.3. The molecule has 0 radical (unpaired) electrons. The van der Waals surface area contributed by atoms with E-state index >= 15 is 0 Å². The van der Waals surface area contributed by atoms with Crippen LogP contribution in [0.3, 0.4) is 0 Å². The van der Waals surface area contributed by atoms with Crippen LogP contribution in [0.15, 0.2) is 30.5 Å². The number of carboxylic acid groups (broad SMARTS) is 1. The van der Waals surface area contributed by atoms with E-state index in [1.54, 1.807) is 11.1 Å². The Morgan fingerprint density at radius 1 is 1.07 bits per heavy atom. The van der Waals surface area contributed by atoms with E-state index in [1.165, 1.54) is 17.0 Å². The molecule has 0 spiro atoms. The molecule has 1 aromatic carbocycles. The zero-order valence-electron chi connectivity index (χ0n) is 25.0. The number of benzene rings is 1. The van der Waals surface area contributed by atoms with Gasteiger partial charge in [0.25, 0.3) is 0 Å². The lowest BCUT2D eigenvalue weighted by molar-refractivity contribution is -0.122.